The van der Waals surface area contributed by atoms with Crippen LogP contribution in [0.1, 0.15) is 0 Å². The van der Waals surface area contributed by atoms with E-state index in [1.54, 1.807) is 23.0 Å². The zero-order valence-electron chi connectivity index (χ0n) is 7.83. The summed E-state index contributed by atoms with van der Waals surface area (Å²) in [6, 6.07) is 8.19. The number of nitro benzene ring substituents is 1. The van der Waals surface area contributed by atoms with Crippen LogP contribution in [0.3, 0.4) is 0 Å². The van der Waals surface area contributed by atoms with Gasteiger partial charge in [-0.1, -0.05) is 0 Å². The highest BCUT2D eigenvalue weighted by Gasteiger charge is 2.08. The summed E-state index contributed by atoms with van der Waals surface area (Å²) in [6.45, 7) is 0. The van der Waals surface area contributed by atoms with E-state index in [1.165, 1.54) is 12.1 Å². The lowest BCUT2D eigenvalue weighted by atomic mass is 10.2. The SMILES string of the molecule is Nc1cc(-n2cccc2)cc([N+](=O)[O-])c1. The highest BCUT2D eigenvalue weighted by Crippen LogP contribution is 2.21. The normalized spacial score (nSPS) is 10.1. The molecular formula is C10H9N3O2. The van der Waals surface area contributed by atoms with Crippen molar-refractivity contribution in [3.63, 3.8) is 0 Å². The smallest absolute Gasteiger partial charge is 0.273 e. The lowest BCUT2D eigenvalue weighted by molar-refractivity contribution is -0.384. The number of nitro groups is 1. The topological polar surface area (TPSA) is 74.1 Å². The molecule has 0 saturated heterocycles. The fourth-order valence-electron chi connectivity index (χ4n) is 1.38. The third-order valence-corrected chi connectivity index (χ3v) is 2.04. The summed E-state index contributed by atoms with van der Waals surface area (Å²) >= 11 is 0. The molecule has 0 spiro atoms. The van der Waals surface area contributed by atoms with Crippen molar-refractivity contribution in [3.05, 3.63) is 52.8 Å². The molecule has 0 bridgehead atoms. The Morgan fingerprint density at radius 3 is 2.47 bits per heavy atom. The number of benzene rings is 1. The van der Waals surface area contributed by atoms with Crippen LogP contribution < -0.4 is 5.73 Å². The highest BCUT2D eigenvalue weighted by molar-refractivity contribution is 5.56. The van der Waals surface area contributed by atoms with Gasteiger partial charge in [0, 0.05) is 30.2 Å². The van der Waals surface area contributed by atoms with Gasteiger partial charge >= 0.3 is 0 Å². The van der Waals surface area contributed by atoms with E-state index in [-0.39, 0.29) is 5.69 Å². The van der Waals surface area contributed by atoms with Gasteiger partial charge in [0.05, 0.1) is 10.6 Å². The van der Waals surface area contributed by atoms with Crippen LogP contribution in [0.5, 0.6) is 0 Å². The van der Waals surface area contributed by atoms with Crippen molar-refractivity contribution >= 4 is 11.4 Å². The van der Waals surface area contributed by atoms with E-state index in [1.807, 2.05) is 12.1 Å². The van der Waals surface area contributed by atoms with Crippen LogP contribution in [0.25, 0.3) is 5.69 Å². The van der Waals surface area contributed by atoms with E-state index in [9.17, 15) is 10.1 Å². The number of nitrogens with two attached hydrogens (primary N) is 1. The van der Waals surface area contributed by atoms with E-state index in [4.69, 9.17) is 5.73 Å². The third-order valence-electron chi connectivity index (χ3n) is 2.04. The van der Waals surface area contributed by atoms with Crippen LogP contribution in [0.15, 0.2) is 42.7 Å². The molecule has 1 heterocycles. The van der Waals surface area contributed by atoms with Crippen molar-refractivity contribution in [2.75, 3.05) is 5.73 Å². The molecule has 2 rings (SSSR count). The number of anilines is 1. The van der Waals surface area contributed by atoms with Crippen LogP contribution in [0.2, 0.25) is 0 Å². The number of rotatable bonds is 2. The molecule has 0 unspecified atom stereocenters. The van der Waals surface area contributed by atoms with Crippen LogP contribution >= 0.6 is 0 Å². The Labute approximate surface area is 85.9 Å². The molecule has 0 saturated carbocycles. The molecule has 0 aliphatic carbocycles. The number of hydrogen-bond donors (Lipinski definition) is 1. The maximum atomic E-state index is 10.6. The molecular weight excluding hydrogens is 194 g/mol. The Morgan fingerprint density at radius 1 is 1.20 bits per heavy atom. The molecule has 0 fully saturated rings. The lowest BCUT2D eigenvalue weighted by Crippen LogP contribution is -1.96. The van der Waals surface area contributed by atoms with Gasteiger partial charge < -0.3 is 10.3 Å². The Hall–Kier alpha value is -2.30. The second kappa shape index (κ2) is 3.45. The van der Waals surface area contributed by atoms with Crippen molar-refractivity contribution in [1.82, 2.24) is 4.57 Å². The number of hydrogen-bond acceptors (Lipinski definition) is 3. The molecule has 0 radical (unpaired) electrons. The van der Waals surface area contributed by atoms with Gasteiger partial charge in [0.1, 0.15) is 0 Å². The van der Waals surface area contributed by atoms with Gasteiger partial charge in [-0.3, -0.25) is 10.1 Å². The zero-order valence-corrected chi connectivity index (χ0v) is 7.83. The first-order valence-electron chi connectivity index (χ1n) is 4.35. The Bertz CT molecular complexity index is 491. The summed E-state index contributed by atoms with van der Waals surface area (Å²) in [4.78, 5) is 10.2. The van der Waals surface area contributed by atoms with E-state index in [0.29, 0.717) is 11.4 Å². The Kier molecular flexibility index (Phi) is 2.13. The van der Waals surface area contributed by atoms with E-state index < -0.39 is 4.92 Å². The lowest BCUT2D eigenvalue weighted by Gasteiger charge is -2.03. The summed E-state index contributed by atoms with van der Waals surface area (Å²) in [5, 5.41) is 10.6. The largest absolute Gasteiger partial charge is 0.398 e. The van der Waals surface area contributed by atoms with E-state index >= 15 is 0 Å². The Morgan fingerprint density at radius 2 is 1.87 bits per heavy atom. The van der Waals surface area contributed by atoms with Crippen LogP contribution in [0, 0.1) is 10.1 Å². The van der Waals surface area contributed by atoms with Crippen molar-refractivity contribution < 1.29 is 4.92 Å². The number of nitrogens with zero attached hydrogens (tertiary/aromatic N) is 2. The summed E-state index contributed by atoms with van der Waals surface area (Å²) in [7, 11) is 0. The molecule has 1 aromatic carbocycles. The summed E-state index contributed by atoms with van der Waals surface area (Å²) < 4.78 is 1.77. The first kappa shape index (κ1) is 9.26. The van der Waals surface area contributed by atoms with Gasteiger partial charge in [-0.05, 0) is 18.2 Å². The molecule has 0 aliphatic heterocycles. The summed E-state index contributed by atoms with van der Waals surface area (Å²) in [5.74, 6) is 0. The standard InChI is InChI=1S/C10H9N3O2/c11-8-5-9(12-3-1-2-4-12)7-10(6-8)13(14)15/h1-7H,11H2. The summed E-state index contributed by atoms with van der Waals surface area (Å²) in [6.07, 6.45) is 3.61. The monoisotopic (exact) mass is 203 g/mol. The van der Waals surface area contributed by atoms with Crippen LogP contribution in [-0.4, -0.2) is 9.49 Å². The van der Waals surface area contributed by atoms with E-state index in [0.717, 1.165) is 0 Å². The van der Waals surface area contributed by atoms with Crippen LogP contribution in [-0.2, 0) is 0 Å². The van der Waals surface area contributed by atoms with Gasteiger partial charge in [0.2, 0.25) is 0 Å². The van der Waals surface area contributed by atoms with Gasteiger partial charge in [-0.2, -0.15) is 0 Å². The Balaban J connectivity index is 2.54. The molecule has 76 valence electrons. The first-order chi connectivity index (χ1) is 7.16. The maximum absolute atomic E-state index is 10.6. The van der Waals surface area contributed by atoms with Crippen molar-refractivity contribution in [2.45, 2.75) is 0 Å². The second-order valence-corrected chi connectivity index (χ2v) is 3.13. The molecule has 0 aliphatic rings. The van der Waals surface area contributed by atoms with Crippen LogP contribution in [0.4, 0.5) is 11.4 Å². The van der Waals surface area contributed by atoms with E-state index in [2.05, 4.69) is 0 Å². The predicted molar refractivity (Wildman–Crippen MR) is 56.8 cm³/mol. The van der Waals surface area contributed by atoms with Crippen molar-refractivity contribution in [3.8, 4) is 5.69 Å². The van der Waals surface area contributed by atoms with Crippen molar-refractivity contribution in [1.29, 1.82) is 0 Å². The minimum Gasteiger partial charge on any atom is -0.398 e. The minimum absolute atomic E-state index is 0.00120. The highest BCUT2D eigenvalue weighted by atomic mass is 16.6. The molecule has 2 aromatic rings. The fourth-order valence-corrected chi connectivity index (χ4v) is 1.38. The fraction of sp³-hybridized carbons (Fsp3) is 0. The average molecular weight is 203 g/mol. The first-order valence-corrected chi connectivity index (χ1v) is 4.35. The molecule has 0 amide bonds. The molecule has 0 atom stereocenters. The number of aromatic nitrogens is 1. The summed E-state index contributed by atoms with van der Waals surface area (Å²) in [5.41, 5.74) is 6.65. The minimum atomic E-state index is -0.455. The van der Waals surface area contributed by atoms with Gasteiger partial charge in [0.15, 0.2) is 0 Å². The molecule has 2 N–H and O–H groups in total. The maximum Gasteiger partial charge on any atom is 0.273 e. The number of non-ortho nitro benzene ring substituents is 1. The molecule has 15 heavy (non-hydrogen) atoms. The third kappa shape index (κ3) is 1.80. The molecule has 5 heteroatoms. The molecule has 5 nitrogen and oxygen atoms in total. The van der Waals surface area contributed by atoms with Gasteiger partial charge in [0.25, 0.3) is 5.69 Å². The van der Waals surface area contributed by atoms with Gasteiger partial charge in [-0.25, -0.2) is 0 Å². The van der Waals surface area contributed by atoms with Gasteiger partial charge in [-0.15, -0.1) is 0 Å². The molecule has 1 aromatic heterocycles. The predicted octanol–water partition coefficient (Wildman–Crippen LogP) is 1.97. The van der Waals surface area contributed by atoms with Crippen molar-refractivity contribution in [2.24, 2.45) is 0 Å². The zero-order chi connectivity index (χ0) is 10.8. The number of nitrogen functional groups attached to an aromatic ring is 1. The second-order valence-electron chi connectivity index (χ2n) is 3.13. The quantitative estimate of drug-likeness (QED) is 0.460. The average Bonchev–Trinajstić information content (AvgIpc) is 2.69.